The predicted octanol–water partition coefficient (Wildman–Crippen LogP) is 2.73. The highest BCUT2D eigenvalue weighted by Crippen LogP contribution is 2.14. The number of amides is 3. The molecular formula is C16H23N3O3. The summed E-state index contributed by atoms with van der Waals surface area (Å²) in [5.41, 5.74) is 1.40. The fourth-order valence-electron chi connectivity index (χ4n) is 2.27. The van der Waals surface area contributed by atoms with Crippen molar-refractivity contribution >= 4 is 23.3 Å². The van der Waals surface area contributed by atoms with Gasteiger partial charge in [-0.3, -0.25) is 4.79 Å². The van der Waals surface area contributed by atoms with Gasteiger partial charge in [-0.15, -0.1) is 0 Å². The average Bonchev–Trinajstić information content (AvgIpc) is 3.01. The number of nitrogens with one attached hydrogen (secondary N) is 3. The lowest BCUT2D eigenvalue weighted by Crippen LogP contribution is -2.35. The number of rotatable bonds is 6. The van der Waals surface area contributed by atoms with Crippen LogP contribution in [0.3, 0.4) is 0 Å². The van der Waals surface area contributed by atoms with Gasteiger partial charge >= 0.3 is 6.03 Å². The van der Waals surface area contributed by atoms with Crippen LogP contribution >= 0.6 is 0 Å². The highest BCUT2D eigenvalue weighted by Gasteiger charge is 2.16. The van der Waals surface area contributed by atoms with E-state index in [1.54, 1.807) is 24.3 Å². The van der Waals surface area contributed by atoms with Crippen LogP contribution in [0.4, 0.5) is 16.2 Å². The summed E-state index contributed by atoms with van der Waals surface area (Å²) in [7, 11) is 0. The molecule has 0 spiro atoms. The van der Waals surface area contributed by atoms with Crippen molar-refractivity contribution < 1.29 is 14.3 Å². The third kappa shape index (κ3) is 5.37. The molecule has 1 atom stereocenters. The van der Waals surface area contributed by atoms with Crippen LogP contribution in [0.5, 0.6) is 0 Å². The van der Waals surface area contributed by atoms with E-state index in [1.807, 2.05) is 6.92 Å². The van der Waals surface area contributed by atoms with Crippen molar-refractivity contribution in [1.82, 2.24) is 5.32 Å². The summed E-state index contributed by atoms with van der Waals surface area (Å²) >= 11 is 0. The monoisotopic (exact) mass is 305 g/mol. The Morgan fingerprint density at radius 1 is 1.18 bits per heavy atom. The van der Waals surface area contributed by atoms with Crippen LogP contribution in [0.25, 0.3) is 0 Å². The average molecular weight is 305 g/mol. The Morgan fingerprint density at radius 3 is 2.45 bits per heavy atom. The van der Waals surface area contributed by atoms with Crippen LogP contribution in [-0.2, 0) is 9.53 Å². The molecule has 1 aromatic rings. The first-order chi connectivity index (χ1) is 10.7. The fraction of sp³-hybridized carbons (Fsp3) is 0.500. The molecule has 1 heterocycles. The zero-order valence-electron chi connectivity index (χ0n) is 12.9. The molecule has 1 fully saturated rings. The molecule has 0 aliphatic carbocycles. The number of benzene rings is 1. The van der Waals surface area contributed by atoms with E-state index in [4.69, 9.17) is 4.74 Å². The minimum atomic E-state index is -0.252. The first-order valence-corrected chi connectivity index (χ1v) is 7.73. The topological polar surface area (TPSA) is 79.5 Å². The minimum Gasteiger partial charge on any atom is -0.376 e. The third-order valence-electron chi connectivity index (χ3n) is 3.42. The van der Waals surface area contributed by atoms with Gasteiger partial charge in [-0.1, -0.05) is 6.92 Å². The molecule has 0 saturated carbocycles. The zero-order valence-corrected chi connectivity index (χ0v) is 12.9. The molecule has 1 saturated heterocycles. The van der Waals surface area contributed by atoms with E-state index in [9.17, 15) is 9.59 Å². The van der Waals surface area contributed by atoms with Gasteiger partial charge < -0.3 is 20.7 Å². The maximum Gasteiger partial charge on any atom is 0.319 e. The van der Waals surface area contributed by atoms with Gasteiger partial charge in [0.25, 0.3) is 0 Å². The van der Waals surface area contributed by atoms with Crippen molar-refractivity contribution in [3.05, 3.63) is 24.3 Å². The van der Waals surface area contributed by atoms with Gasteiger partial charge in [0.15, 0.2) is 0 Å². The van der Waals surface area contributed by atoms with Gasteiger partial charge in [-0.2, -0.15) is 0 Å². The second kappa shape index (κ2) is 8.38. The summed E-state index contributed by atoms with van der Waals surface area (Å²) in [6.07, 6.45) is 3.50. The molecule has 2 rings (SSSR count). The van der Waals surface area contributed by atoms with Gasteiger partial charge in [0.1, 0.15) is 0 Å². The van der Waals surface area contributed by atoms with E-state index in [2.05, 4.69) is 16.0 Å². The zero-order chi connectivity index (χ0) is 15.8. The lowest BCUT2D eigenvalue weighted by Gasteiger charge is -2.12. The van der Waals surface area contributed by atoms with Crippen molar-refractivity contribution in [3.8, 4) is 0 Å². The molecule has 0 aromatic heterocycles. The maximum atomic E-state index is 11.8. The summed E-state index contributed by atoms with van der Waals surface area (Å²) in [5.74, 6) is -0.00230. The molecule has 6 heteroatoms. The quantitative estimate of drug-likeness (QED) is 0.756. The molecule has 0 radical (unpaired) electrons. The van der Waals surface area contributed by atoms with Crippen LogP contribution in [0.1, 0.15) is 32.6 Å². The molecule has 3 N–H and O–H groups in total. The Morgan fingerprint density at radius 2 is 1.86 bits per heavy atom. The predicted molar refractivity (Wildman–Crippen MR) is 86.0 cm³/mol. The van der Waals surface area contributed by atoms with E-state index in [-0.39, 0.29) is 18.0 Å². The highest BCUT2D eigenvalue weighted by molar-refractivity contribution is 5.92. The molecule has 6 nitrogen and oxygen atoms in total. The van der Waals surface area contributed by atoms with Crippen molar-refractivity contribution in [1.29, 1.82) is 0 Å². The summed E-state index contributed by atoms with van der Waals surface area (Å²) < 4.78 is 5.44. The summed E-state index contributed by atoms with van der Waals surface area (Å²) in [6, 6.07) is 6.80. The molecule has 0 bridgehead atoms. The summed E-state index contributed by atoms with van der Waals surface area (Å²) in [6.45, 7) is 3.26. The SMILES string of the molecule is CCCC(=O)Nc1ccc(NC(=O)NCC2CCCO2)cc1. The van der Waals surface area contributed by atoms with Gasteiger partial charge in [0, 0.05) is 30.9 Å². The van der Waals surface area contributed by atoms with Crippen LogP contribution < -0.4 is 16.0 Å². The molecule has 120 valence electrons. The minimum absolute atomic E-state index is 0.00230. The van der Waals surface area contributed by atoms with Crippen LogP contribution in [0, 0.1) is 0 Å². The molecule has 1 unspecified atom stereocenters. The Labute approximate surface area is 130 Å². The normalized spacial score (nSPS) is 17.0. The van der Waals surface area contributed by atoms with Crippen molar-refractivity contribution in [2.45, 2.75) is 38.7 Å². The number of carbonyl (C=O) groups is 2. The standard InChI is InChI=1S/C16H23N3O3/c1-2-4-15(20)18-12-6-8-13(9-7-12)19-16(21)17-11-14-5-3-10-22-14/h6-9,14H,2-5,10-11H2,1H3,(H,18,20)(H2,17,19,21). The van der Waals surface area contributed by atoms with E-state index >= 15 is 0 Å². The Hall–Kier alpha value is -2.08. The Kier molecular flexibility index (Phi) is 6.21. The van der Waals surface area contributed by atoms with E-state index in [0.29, 0.717) is 18.7 Å². The van der Waals surface area contributed by atoms with Gasteiger partial charge in [-0.25, -0.2) is 4.79 Å². The first-order valence-electron chi connectivity index (χ1n) is 7.73. The lowest BCUT2D eigenvalue weighted by atomic mass is 10.2. The fourth-order valence-corrected chi connectivity index (χ4v) is 2.27. The number of urea groups is 1. The number of hydrogen-bond donors (Lipinski definition) is 3. The molecule has 1 aromatic carbocycles. The molecule has 22 heavy (non-hydrogen) atoms. The molecule has 1 aliphatic heterocycles. The molecule has 1 aliphatic rings. The maximum absolute atomic E-state index is 11.8. The van der Waals surface area contributed by atoms with Gasteiger partial charge in [0.2, 0.25) is 5.91 Å². The number of carbonyl (C=O) groups excluding carboxylic acids is 2. The Bertz CT molecular complexity index is 496. The first kappa shape index (κ1) is 16.3. The van der Waals surface area contributed by atoms with Crippen LogP contribution in [0.15, 0.2) is 24.3 Å². The van der Waals surface area contributed by atoms with Gasteiger partial charge in [0.05, 0.1) is 6.10 Å². The number of hydrogen-bond acceptors (Lipinski definition) is 3. The summed E-state index contributed by atoms with van der Waals surface area (Å²) in [4.78, 5) is 23.3. The largest absolute Gasteiger partial charge is 0.376 e. The van der Waals surface area contributed by atoms with Crippen LogP contribution in [0.2, 0.25) is 0 Å². The smallest absolute Gasteiger partial charge is 0.319 e. The molecule has 3 amide bonds. The van der Waals surface area contributed by atoms with Crippen LogP contribution in [-0.4, -0.2) is 31.2 Å². The summed E-state index contributed by atoms with van der Waals surface area (Å²) in [5, 5.41) is 8.35. The Balaban J connectivity index is 1.75. The van der Waals surface area contributed by atoms with E-state index < -0.39 is 0 Å². The lowest BCUT2D eigenvalue weighted by molar-refractivity contribution is -0.116. The van der Waals surface area contributed by atoms with E-state index in [1.165, 1.54) is 0 Å². The highest BCUT2D eigenvalue weighted by atomic mass is 16.5. The second-order valence-corrected chi connectivity index (χ2v) is 5.35. The van der Waals surface area contributed by atoms with Crippen molar-refractivity contribution in [2.75, 3.05) is 23.8 Å². The molecular weight excluding hydrogens is 282 g/mol. The van der Waals surface area contributed by atoms with Gasteiger partial charge in [-0.05, 0) is 43.5 Å². The van der Waals surface area contributed by atoms with E-state index in [0.717, 1.165) is 31.6 Å². The van der Waals surface area contributed by atoms with Crippen molar-refractivity contribution in [3.63, 3.8) is 0 Å². The van der Waals surface area contributed by atoms with Crippen molar-refractivity contribution in [2.24, 2.45) is 0 Å². The number of anilines is 2. The number of ether oxygens (including phenoxy) is 1. The second-order valence-electron chi connectivity index (χ2n) is 5.35. The third-order valence-corrected chi connectivity index (χ3v) is 3.42.